The third kappa shape index (κ3) is 10.1. The number of allylic oxidation sites excluding steroid dienone is 5. The van der Waals surface area contributed by atoms with Gasteiger partial charge in [-0.15, -0.1) is 0 Å². The molecule has 0 radical (unpaired) electrons. The average molecular weight is 739 g/mol. The number of aryl methyl sites for hydroxylation is 1. The molecule has 4 aromatic rings. The van der Waals surface area contributed by atoms with Crippen LogP contribution in [0.4, 0.5) is 22.7 Å². The standard InChI is InChI=1S/C32H27N3O9S3.2Na/c1-20-18-23(19-30(32(20)33)47(42,43)44)31(21-2-6-24(7-3-21)34-26-10-14-28(15-11-26)45(36,37)38)22-4-8-25(9-5-22)35-27-12-16-29(17-13-27)46(39,40)41;;/h2-19,34H,33H2,1H3,(H,36,37,38)(H,39,40,41)(H,42,43,44);;/q;2*+1/p-1. The van der Waals surface area contributed by atoms with E-state index in [1.54, 1.807) is 61.6 Å². The van der Waals surface area contributed by atoms with E-state index in [0.717, 1.165) is 0 Å². The van der Waals surface area contributed by atoms with E-state index in [0.29, 0.717) is 50.6 Å². The summed E-state index contributed by atoms with van der Waals surface area (Å²) >= 11 is 0. The molecule has 49 heavy (non-hydrogen) atoms. The molecule has 0 saturated carbocycles. The molecular formula is C32H26N3Na2O9S3+. The van der Waals surface area contributed by atoms with Crippen LogP contribution in [0.5, 0.6) is 0 Å². The van der Waals surface area contributed by atoms with Crippen LogP contribution in [0.3, 0.4) is 0 Å². The van der Waals surface area contributed by atoms with Gasteiger partial charge in [-0.2, -0.15) is 16.8 Å². The van der Waals surface area contributed by atoms with Gasteiger partial charge in [-0.1, -0.05) is 24.3 Å². The van der Waals surface area contributed by atoms with Gasteiger partial charge in [0.1, 0.15) is 15.0 Å². The van der Waals surface area contributed by atoms with Gasteiger partial charge in [0.25, 0.3) is 20.2 Å². The van der Waals surface area contributed by atoms with E-state index in [1.165, 1.54) is 54.6 Å². The summed E-state index contributed by atoms with van der Waals surface area (Å²) in [4.78, 5) is 3.43. The van der Waals surface area contributed by atoms with Gasteiger partial charge in [-0.05, 0) is 120 Å². The van der Waals surface area contributed by atoms with Gasteiger partial charge in [-0.3, -0.25) is 9.11 Å². The topological polar surface area (TPSA) is 216 Å². The Labute approximate surface area is 328 Å². The molecule has 0 heterocycles. The van der Waals surface area contributed by atoms with Crippen molar-refractivity contribution in [3.8, 4) is 0 Å². The zero-order valence-corrected chi connectivity index (χ0v) is 32.8. The number of nitrogen functional groups attached to an aromatic ring is 1. The molecule has 12 nitrogen and oxygen atoms in total. The maximum Gasteiger partial charge on any atom is 1.00 e. The second kappa shape index (κ2) is 16.0. The molecule has 0 spiro atoms. The summed E-state index contributed by atoms with van der Waals surface area (Å²) in [5.74, 6) is 0. The Morgan fingerprint density at radius 3 is 1.69 bits per heavy atom. The van der Waals surface area contributed by atoms with Gasteiger partial charge in [-0.25, -0.2) is 13.4 Å². The molecule has 5 rings (SSSR count). The van der Waals surface area contributed by atoms with Crippen molar-refractivity contribution >= 4 is 64.4 Å². The van der Waals surface area contributed by atoms with Gasteiger partial charge in [0.2, 0.25) is 0 Å². The smallest absolute Gasteiger partial charge is 0.744 e. The molecule has 0 atom stereocenters. The predicted molar refractivity (Wildman–Crippen MR) is 177 cm³/mol. The number of benzene rings is 4. The number of aliphatic imine (C=N–C) groups is 1. The number of anilines is 3. The molecule has 0 aromatic heterocycles. The fourth-order valence-electron chi connectivity index (χ4n) is 4.76. The molecule has 0 unspecified atom stereocenters. The van der Waals surface area contributed by atoms with Gasteiger partial charge in [0.05, 0.1) is 26.9 Å². The quantitative estimate of drug-likeness (QED) is 0.102. The number of nitrogens with one attached hydrogen (secondary N) is 1. The van der Waals surface area contributed by atoms with Crippen LogP contribution >= 0.6 is 0 Å². The van der Waals surface area contributed by atoms with E-state index < -0.39 is 35.2 Å². The summed E-state index contributed by atoms with van der Waals surface area (Å²) < 4.78 is 99.8. The molecule has 0 amide bonds. The van der Waals surface area contributed by atoms with Crippen molar-refractivity contribution in [2.75, 3.05) is 11.1 Å². The number of nitrogens with two attached hydrogens (primary N) is 1. The SMILES string of the molecule is Cc1cc(C(=C2C=CC(=Nc3ccc(S(=O)(=O)O)cc3)C=C2)c2ccc(Nc3ccc(S(=O)(=O)[O-])cc3)cc2)cc(S(=O)(=O)O)c1N.[Na+].[Na+]. The predicted octanol–water partition coefficient (Wildman–Crippen LogP) is -0.573. The molecule has 1 aliphatic rings. The van der Waals surface area contributed by atoms with Crippen LogP contribution in [0.25, 0.3) is 5.57 Å². The Bertz CT molecular complexity index is 2320. The summed E-state index contributed by atoms with van der Waals surface area (Å²) in [6.45, 7) is 1.62. The van der Waals surface area contributed by atoms with Crippen LogP contribution in [0.15, 0.2) is 134 Å². The first-order chi connectivity index (χ1) is 22.0. The minimum Gasteiger partial charge on any atom is -0.744 e. The second-order valence-corrected chi connectivity index (χ2v) is 14.6. The Balaban J connectivity index is 0.00000325. The van der Waals surface area contributed by atoms with Gasteiger partial charge in [0, 0.05) is 11.4 Å². The van der Waals surface area contributed by atoms with Crippen molar-refractivity contribution in [2.45, 2.75) is 21.6 Å². The maximum absolute atomic E-state index is 12.2. The Morgan fingerprint density at radius 2 is 1.20 bits per heavy atom. The number of hydrogen-bond donors (Lipinski definition) is 4. The third-order valence-corrected chi connectivity index (χ3v) is 9.68. The Hall–Kier alpha value is -2.90. The van der Waals surface area contributed by atoms with Crippen LogP contribution < -0.4 is 70.2 Å². The molecule has 1 aliphatic carbocycles. The zero-order valence-electron chi connectivity index (χ0n) is 26.4. The van der Waals surface area contributed by atoms with E-state index in [2.05, 4.69) is 10.3 Å². The fourth-order valence-corrected chi connectivity index (χ4v) is 6.42. The van der Waals surface area contributed by atoms with E-state index in [9.17, 15) is 38.9 Å². The average Bonchev–Trinajstić information content (AvgIpc) is 3.00. The number of hydrogen-bond acceptors (Lipinski definition) is 10. The summed E-state index contributed by atoms with van der Waals surface area (Å²) in [7, 11) is -13.6. The van der Waals surface area contributed by atoms with Crippen LogP contribution in [0.2, 0.25) is 0 Å². The zero-order chi connectivity index (χ0) is 34.1. The van der Waals surface area contributed by atoms with Crippen molar-refractivity contribution in [2.24, 2.45) is 4.99 Å². The normalized spacial score (nSPS) is 12.9. The summed E-state index contributed by atoms with van der Waals surface area (Å²) in [5, 5.41) is 3.12. The first-order valence-corrected chi connectivity index (χ1v) is 17.9. The Morgan fingerprint density at radius 1 is 0.694 bits per heavy atom. The molecule has 5 N–H and O–H groups in total. The van der Waals surface area contributed by atoms with Crippen LogP contribution in [-0.4, -0.2) is 44.6 Å². The minimum absolute atomic E-state index is 0. The van der Waals surface area contributed by atoms with Gasteiger partial charge in [0.15, 0.2) is 0 Å². The van der Waals surface area contributed by atoms with Crippen molar-refractivity contribution < 1.29 is 98.0 Å². The third-order valence-electron chi connectivity index (χ3n) is 7.07. The minimum atomic E-state index is -4.66. The molecule has 4 aromatic carbocycles. The first kappa shape index (κ1) is 40.5. The van der Waals surface area contributed by atoms with E-state index in [-0.39, 0.29) is 74.6 Å². The second-order valence-electron chi connectivity index (χ2n) is 10.4. The summed E-state index contributed by atoms with van der Waals surface area (Å²) in [5.41, 5.74) is 10.8. The number of rotatable bonds is 8. The van der Waals surface area contributed by atoms with E-state index >= 15 is 0 Å². The van der Waals surface area contributed by atoms with Gasteiger partial charge >= 0.3 is 59.1 Å². The van der Waals surface area contributed by atoms with Crippen molar-refractivity contribution in [3.63, 3.8) is 0 Å². The van der Waals surface area contributed by atoms with Crippen LogP contribution in [0.1, 0.15) is 16.7 Å². The molecule has 0 fully saturated rings. The monoisotopic (exact) mass is 738 g/mol. The Kier molecular flexibility index (Phi) is 13.2. The van der Waals surface area contributed by atoms with Crippen molar-refractivity contribution in [1.29, 1.82) is 0 Å². The largest absolute Gasteiger partial charge is 1.00 e. The molecule has 0 saturated heterocycles. The molecule has 0 bridgehead atoms. The summed E-state index contributed by atoms with van der Waals surface area (Å²) in [6.07, 6.45) is 6.94. The summed E-state index contributed by atoms with van der Waals surface area (Å²) in [6, 6.07) is 20.7. The van der Waals surface area contributed by atoms with Crippen molar-refractivity contribution in [1.82, 2.24) is 0 Å². The molecule has 0 aliphatic heterocycles. The van der Waals surface area contributed by atoms with Crippen LogP contribution in [-0.2, 0) is 30.4 Å². The first-order valence-electron chi connectivity index (χ1n) is 13.6. The van der Waals surface area contributed by atoms with Crippen molar-refractivity contribution in [3.05, 3.63) is 131 Å². The van der Waals surface area contributed by atoms with Crippen LogP contribution in [0, 0.1) is 6.92 Å². The molecule has 242 valence electrons. The fraction of sp³-hybridized carbons (Fsp3) is 0.0312. The molecule has 17 heteroatoms. The van der Waals surface area contributed by atoms with Gasteiger partial charge < -0.3 is 15.6 Å². The number of nitrogens with zero attached hydrogens (tertiary/aromatic N) is 1. The maximum atomic E-state index is 12.2. The van der Waals surface area contributed by atoms with E-state index in [1.807, 2.05) is 0 Å². The molecular weight excluding hydrogens is 713 g/mol. The van der Waals surface area contributed by atoms with E-state index in [4.69, 9.17) is 5.73 Å².